The van der Waals surface area contributed by atoms with Gasteiger partial charge < -0.3 is 15.2 Å². The third-order valence-corrected chi connectivity index (χ3v) is 2.20. The van der Waals surface area contributed by atoms with E-state index in [0.29, 0.717) is 31.7 Å². The second kappa shape index (κ2) is 8.53. The molecule has 0 bridgehead atoms. The maximum atomic E-state index is 11.3. The maximum Gasteiger partial charge on any atom is 0.307 e. The Kier molecular flexibility index (Phi) is 8.21. The highest BCUT2D eigenvalue weighted by Crippen LogP contribution is 2.03. The molecule has 0 aromatic carbocycles. The molecule has 1 atom stereocenters. The van der Waals surface area contributed by atoms with Crippen LogP contribution < -0.4 is 5.73 Å². The normalized spacial score (nSPS) is 13.2. The van der Waals surface area contributed by atoms with Crippen molar-refractivity contribution in [3.63, 3.8) is 0 Å². The molecule has 4 nitrogen and oxygen atoms in total. The van der Waals surface area contributed by atoms with Crippen molar-refractivity contribution in [1.82, 2.24) is 0 Å². The van der Waals surface area contributed by atoms with Crippen molar-refractivity contribution in [3.05, 3.63) is 0 Å². The van der Waals surface area contributed by atoms with Crippen LogP contribution in [0.1, 0.15) is 34.1 Å². The van der Waals surface area contributed by atoms with Crippen molar-refractivity contribution in [2.75, 3.05) is 19.8 Å². The Labute approximate surface area is 98.5 Å². The number of rotatable bonds is 8. The number of nitrogens with two attached hydrogens (primary N) is 1. The van der Waals surface area contributed by atoms with Crippen molar-refractivity contribution in [1.29, 1.82) is 0 Å². The lowest BCUT2D eigenvalue weighted by Crippen LogP contribution is -2.30. The van der Waals surface area contributed by atoms with E-state index in [4.69, 9.17) is 15.2 Å². The van der Waals surface area contributed by atoms with Crippen molar-refractivity contribution in [2.45, 2.75) is 40.2 Å². The molecule has 1 unspecified atom stereocenters. The first kappa shape index (κ1) is 15.4. The van der Waals surface area contributed by atoms with E-state index in [1.165, 1.54) is 0 Å². The third-order valence-electron chi connectivity index (χ3n) is 2.20. The van der Waals surface area contributed by atoms with Crippen LogP contribution in [0.25, 0.3) is 0 Å². The first-order valence-corrected chi connectivity index (χ1v) is 5.92. The Morgan fingerprint density at radius 3 is 2.31 bits per heavy atom. The summed E-state index contributed by atoms with van der Waals surface area (Å²) in [5.74, 6) is 0.559. The highest BCUT2D eigenvalue weighted by Gasteiger charge is 2.13. The van der Waals surface area contributed by atoms with Gasteiger partial charge in [-0.15, -0.1) is 0 Å². The van der Waals surface area contributed by atoms with Gasteiger partial charge in [0.15, 0.2) is 0 Å². The van der Waals surface area contributed by atoms with E-state index in [2.05, 4.69) is 13.8 Å². The van der Waals surface area contributed by atoms with Gasteiger partial charge in [-0.2, -0.15) is 0 Å². The topological polar surface area (TPSA) is 61.5 Å². The minimum Gasteiger partial charge on any atom is -0.463 e. The lowest BCUT2D eigenvalue weighted by atomic mass is 10.0. The minimum absolute atomic E-state index is 0.121. The van der Waals surface area contributed by atoms with E-state index in [1.807, 2.05) is 13.8 Å². The Balaban J connectivity index is 3.44. The van der Waals surface area contributed by atoms with Crippen LogP contribution in [-0.2, 0) is 14.3 Å². The standard InChI is InChI=1S/C12H25NO3/c1-9(2)8-15-5-6-16-12(14)7-11(13)10(3)4/h9-11H,5-8,13H2,1-4H3. The molecule has 0 radical (unpaired) electrons. The predicted octanol–water partition coefficient (Wildman–Crippen LogP) is 1.58. The molecule has 0 aliphatic heterocycles. The molecule has 0 rings (SSSR count). The first-order valence-electron chi connectivity index (χ1n) is 5.92. The summed E-state index contributed by atoms with van der Waals surface area (Å²) in [6.07, 6.45) is 0.280. The zero-order valence-electron chi connectivity index (χ0n) is 10.9. The number of hydrogen-bond acceptors (Lipinski definition) is 4. The van der Waals surface area contributed by atoms with Crippen LogP contribution in [0, 0.1) is 11.8 Å². The molecule has 16 heavy (non-hydrogen) atoms. The predicted molar refractivity (Wildman–Crippen MR) is 64.0 cm³/mol. The quantitative estimate of drug-likeness (QED) is 0.509. The van der Waals surface area contributed by atoms with E-state index >= 15 is 0 Å². The van der Waals surface area contributed by atoms with Crippen molar-refractivity contribution < 1.29 is 14.3 Å². The number of ether oxygens (including phenoxy) is 2. The highest BCUT2D eigenvalue weighted by atomic mass is 16.6. The van der Waals surface area contributed by atoms with Gasteiger partial charge in [-0.3, -0.25) is 4.79 Å². The van der Waals surface area contributed by atoms with Crippen molar-refractivity contribution in [3.8, 4) is 0 Å². The van der Waals surface area contributed by atoms with Gasteiger partial charge in [0, 0.05) is 12.6 Å². The SMILES string of the molecule is CC(C)COCCOC(=O)CC(N)C(C)C. The Morgan fingerprint density at radius 2 is 1.81 bits per heavy atom. The summed E-state index contributed by atoms with van der Waals surface area (Å²) in [4.78, 5) is 11.3. The molecule has 2 N–H and O–H groups in total. The van der Waals surface area contributed by atoms with Crippen molar-refractivity contribution in [2.24, 2.45) is 17.6 Å². The smallest absolute Gasteiger partial charge is 0.307 e. The van der Waals surface area contributed by atoms with Crippen LogP contribution in [0.3, 0.4) is 0 Å². The highest BCUT2D eigenvalue weighted by molar-refractivity contribution is 5.70. The summed E-state index contributed by atoms with van der Waals surface area (Å²) in [5.41, 5.74) is 5.76. The van der Waals surface area contributed by atoms with Gasteiger partial charge in [-0.05, 0) is 11.8 Å². The molecule has 0 spiro atoms. The van der Waals surface area contributed by atoms with E-state index in [9.17, 15) is 4.79 Å². The molecule has 0 aliphatic rings. The third kappa shape index (κ3) is 8.68. The van der Waals surface area contributed by atoms with Crippen LogP contribution in [0.5, 0.6) is 0 Å². The fourth-order valence-corrected chi connectivity index (χ4v) is 1.02. The van der Waals surface area contributed by atoms with Gasteiger partial charge in [0.05, 0.1) is 13.0 Å². The molecule has 0 aliphatic carbocycles. The summed E-state index contributed by atoms with van der Waals surface area (Å²) in [5, 5.41) is 0. The van der Waals surface area contributed by atoms with Gasteiger partial charge in [0.1, 0.15) is 6.61 Å². The summed E-state index contributed by atoms with van der Waals surface area (Å²) in [6, 6.07) is -0.121. The summed E-state index contributed by atoms with van der Waals surface area (Å²) >= 11 is 0. The molecular formula is C12H25NO3. The zero-order chi connectivity index (χ0) is 12.6. The van der Waals surface area contributed by atoms with E-state index in [0.717, 1.165) is 0 Å². The van der Waals surface area contributed by atoms with Crippen LogP contribution in [0.15, 0.2) is 0 Å². The van der Waals surface area contributed by atoms with Gasteiger partial charge in [0.25, 0.3) is 0 Å². The second-order valence-corrected chi connectivity index (χ2v) is 4.80. The monoisotopic (exact) mass is 231 g/mol. The van der Waals surface area contributed by atoms with Crippen LogP contribution in [-0.4, -0.2) is 31.8 Å². The molecule has 0 aromatic rings. The van der Waals surface area contributed by atoms with Crippen LogP contribution in [0.4, 0.5) is 0 Å². The number of esters is 1. The van der Waals surface area contributed by atoms with E-state index in [-0.39, 0.29) is 18.4 Å². The number of hydrogen-bond donors (Lipinski definition) is 1. The second-order valence-electron chi connectivity index (χ2n) is 4.80. The Bertz CT molecular complexity index is 193. The van der Waals surface area contributed by atoms with E-state index < -0.39 is 0 Å². The average Bonchev–Trinajstić information content (AvgIpc) is 2.16. The summed E-state index contributed by atoms with van der Waals surface area (Å²) < 4.78 is 10.3. The molecular weight excluding hydrogens is 206 g/mol. The van der Waals surface area contributed by atoms with Gasteiger partial charge in [-0.1, -0.05) is 27.7 Å². The molecule has 96 valence electrons. The Hall–Kier alpha value is -0.610. The lowest BCUT2D eigenvalue weighted by Gasteiger charge is -2.14. The lowest BCUT2D eigenvalue weighted by molar-refractivity contribution is -0.145. The molecule has 0 fully saturated rings. The largest absolute Gasteiger partial charge is 0.463 e. The van der Waals surface area contributed by atoms with Crippen LogP contribution >= 0.6 is 0 Å². The van der Waals surface area contributed by atoms with Gasteiger partial charge in [0.2, 0.25) is 0 Å². The zero-order valence-corrected chi connectivity index (χ0v) is 10.9. The van der Waals surface area contributed by atoms with Gasteiger partial charge in [-0.25, -0.2) is 0 Å². The fraction of sp³-hybridized carbons (Fsp3) is 0.917. The maximum absolute atomic E-state index is 11.3. The average molecular weight is 231 g/mol. The number of carbonyl (C=O) groups excluding carboxylic acids is 1. The molecule has 0 saturated heterocycles. The molecule has 0 heterocycles. The fourth-order valence-electron chi connectivity index (χ4n) is 1.02. The molecule has 0 aromatic heterocycles. The van der Waals surface area contributed by atoms with Crippen LogP contribution in [0.2, 0.25) is 0 Å². The van der Waals surface area contributed by atoms with E-state index in [1.54, 1.807) is 0 Å². The number of carbonyl (C=O) groups is 1. The summed E-state index contributed by atoms with van der Waals surface area (Å²) in [7, 11) is 0. The Morgan fingerprint density at radius 1 is 1.19 bits per heavy atom. The molecule has 0 saturated carbocycles. The van der Waals surface area contributed by atoms with Crippen molar-refractivity contribution >= 4 is 5.97 Å². The minimum atomic E-state index is -0.241. The van der Waals surface area contributed by atoms with Gasteiger partial charge >= 0.3 is 5.97 Å². The first-order chi connectivity index (χ1) is 7.43. The summed E-state index contributed by atoms with van der Waals surface area (Å²) in [6.45, 7) is 9.61. The molecule has 4 heteroatoms. The molecule has 0 amide bonds.